The van der Waals surface area contributed by atoms with Crippen molar-refractivity contribution in [3.05, 3.63) is 34.9 Å². The van der Waals surface area contributed by atoms with Gasteiger partial charge in [0.15, 0.2) is 12.6 Å². The maximum absolute atomic E-state index is 11.9. The minimum atomic E-state index is -1.92. The maximum atomic E-state index is 11.9. The van der Waals surface area contributed by atoms with Crippen molar-refractivity contribution in [2.24, 2.45) is 0 Å². The van der Waals surface area contributed by atoms with E-state index in [2.05, 4.69) is 6.92 Å². The lowest BCUT2D eigenvalue weighted by Crippen LogP contribution is -2.67. The van der Waals surface area contributed by atoms with E-state index in [9.17, 15) is 56.2 Å². The van der Waals surface area contributed by atoms with E-state index in [1.165, 1.54) is 0 Å². The van der Waals surface area contributed by atoms with E-state index in [0.717, 1.165) is 43.2 Å². The Morgan fingerprint density at radius 2 is 1.25 bits per heavy atom. The fourth-order valence-electron chi connectivity index (χ4n) is 7.45. The van der Waals surface area contributed by atoms with Crippen LogP contribution in [-0.2, 0) is 30.1 Å². The van der Waals surface area contributed by atoms with Gasteiger partial charge in [0.1, 0.15) is 84.7 Å². The molecular formula is C36H56O17. The first-order valence-corrected chi connectivity index (χ1v) is 18.4. The number of phenols is 1. The number of unbranched alkanes of at least 4 members (excludes halogenated alkanes) is 2. The fourth-order valence-corrected chi connectivity index (χ4v) is 7.45. The van der Waals surface area contributed by atoms with Gasteiger partial charge in [-0.05, 0) is 56.7 Å². The minimum absolute atomic E-state index is 0.00750. The van der Waals surface area contributed by atoms with Gasteiger partial charge < -0.3 is 84.6 Å². The zero-order chi connectivity index (χ0) is 38.6. The average Bonchev–Trinajstić information content (AvgIpc) is 3.14. The normalized spacial score (nSPS) is 40.9. The first kappa shape index (κ1) is 42.1. The van der Waals surface area contributed by atoms with Crippen LogP contribution in [-0.4, -0.2) is 168 Å². The second-order valence-electron chi connectivity index (χ2n) is 14.4. The van der Waals surface area contributed by atoms with E-state index in [-0.39, 0.29) is 17.4 Å². The molecule has 5 rings (SSSR count). The molecule has 3 fully saturated rings. The van der Waals surface area contributed by atoms with E-state index in [4.69, 9.17) is 28.4 Å². The first-order chi connectivity index (χ1) is 25.3. The predicted octanol–water partition coefficient (Wildman–Crippen LogP) is -1.83. The molecule has 11 N–H and O–H groups in total. The summed E-state index contributed by atoms with van der Waals surface area (Å²) in [6, 6.07) is 3.45. The lowest BCUT2D eigenvalue weighted by Gasteiger charge is -2.49. The first-order valence-electron chi connectivity index (χ1n) is 18.4. The summed E-state index contributed by atoms with van der Waals surface area (Å²) in [5, 5.41) is 116. The van der Waals surface area contributed by atoms with Crippen molar-refractivity contribution < 1.29 is 84.6 Å². The summed E-state index contributed by atoms with van der Waals surface area (Å²) in [7, 11) is 0. The summed E-state index contributed by atoms with van der Waals surface area (Å²) in [6.07, 6.45) is -17.7. The number of hydrogen-bond donors (Lipinski definition) is 11. The molecule has 3 saturated heterocycles. The smallest absolute Gasteiger partial charge is 0.229 e. The van der Waals surface area contributed by atoms with Crippen LogP contribution in [0.2, 0.25) is 0 Å². The molecule has 1 aliphatic carbocycles. The predicted molar refractivity (Wildman–Crippen MR) is 181 cm³/mol. The van der Waals surface area contributed by atoms with Gasteiger partial charge in [0.2, 0.25) is 6.29 Å². The van der Waals surface area contributed by atoms with Crippen molar-refractivity contribution in [1.82, 2.24) is 0 Å². The van der Waals surface area contributed by atoms with Gasteiger partial charge >= 0.3 is 0 Å². The van der Waals surface area contributed by atoms with Crippen molar-refractivity contribution in [1.29, 1.82) is 0 Å². The summed E-state index contributed by atoms with van der Waals surface area (Å²) in [6.45, 7) is 1.69. The number of aliphatic hydroxyl groups excluding tert-OH is 10. The molecule has 4 aliphatic rings. The molecule has 0 spiro atoms. The average molecular weight is 761 g/mol. The van der Waals surface area contributed by atoms with Crippen molar-refractivity contribution in [2.45, 2.75) is 157 Å². The summed E-state index contributed by atoms with van der Waals surface area (Å²) in [5.74, 6) is -0.0405. The van der Waals surface area contributed by atoms with Crippen LogP contribution in [0.1, 0.15) is 69.4 Å². The zero-order valence-electron chi connectivity index (χ0n) is 29.9. The van der Waals surface area contributed by atoms with Crippen LogP contribution < -0.4 is 4.74 Å². The van der Waals surface area contributed by atoms with E-state index >= 15 is 0 Å². The van der Waals surface area contributed by atoms with Gasteiger partial charge in [-0.15, -0.1) is 0 Å². The fraction of sp³-hybridized carbons (Fsp3) is 0.778. The number of aromatic hydroxyl groups is 1. The zero-order valence-corrected chi connectivity index (χ0v) is 29.9. The maximum Gasteiger partial charge on any atom is 0.229 e. The van der Waals surface area contributed by atoms with Gasteiger partial charge in [0.05, 0.1) is 19.8 Å². The van der Waals surface area contributed by atoms with Crippen molar-refractivity contribution in [3.63, 3.8) is 0 Å². The quantitative estimate of drug-likeness (QED) is 0.0735. The number of allylic oxidation sites excluding steroid dienone is 2. The Bertz CT molecular complexity index is 1340. The molecule has 1 aromatic carbocycles. The minimum Gasteiger partial charge on any atom is -0.507 e. The lowest BCUT2D eigenvalue weighted by atomic mass is 9.84. The van der Waals surface area contributed by atoms with Crippen molar-refractivity contribution in [2.75, 3.05) is 19.8 Å². The molecule has 3 aliphatic heterocycles. The number of ether oxygens (including phenoxy) is 6. The van der Waals surface area contributed by atoms with Crippen molar-refractivity contribution >= 4 is 0 Å². The number of aliphatic hydroxyl groups is 10. The highest BCUT2D eigenvalue weighted by molar-refractivity contribution is 5.51. The number of phenolic OH excluding ortho intramolecular Hbond substituents is 1. The van der Waals surface area contributed by atoms with Gasteiger partial charge in [-0.1, -0.05) is 31.4 Å². The topological polar surface area (TPSA) is 278 Å². The molecule has 1 aromatic rings. The van der Waals surface area contributed by atoms with Crippen LogP contribution >= 0.6 is 0 Å². The molecule has 0 amide bonds. The second-order valence-corrected chi connectivity index (χ2v) is 14.4. The van der Waals surface area contributed by atoms with Crippen LogP contribution in [0.4, 0.5) is 0 Å². The van der Waals surface area contributed by atoms with Gasteiger partial charge in [-0.25, -0.2) is 0 Å². The standard InChI is InChI=1S/C36H56O17/c1-3-4-5-8-17-11-19(40)24(18-9-6-7-16(2)10-18)20(12-17)48-36-31(47)33(53-35-30(46)28(44)26(42)22(14-38)50-35)32(23(15-39)51-36)52-34-29(45)27(43)25(41)21(13-37)49-34/h10-12,18,21-23,25-47H,3-9,13-15H2,1-2H3/t18-,21+,22+,23+,25+,26+,27-,28-,29+,30+,31+,32+,33+,34-,35-,36+/m0/s1. The Morgan fingerprint density at radius 1 is 0.679 bits per heavy atom. The molecule has 0 saturated carbocycles. The molecule has 0 aromatic heterocycles. The third-order valence-electron chi connectivity index (χ3n) is 10.5. The van der Waals surface area contributed by atoms with Crippen LogP contribution in [0.5, 0.6) is 11.5 Å². The summed E-state index contributed by atoms with van der Waals surface area (Å²) in [4.78, 5) is 0. The van der Waals surface area contributed by atoms with Crippen molar-refractivity contribution in [3.8, 4) is 11.5 Å². The summed E-state index contributed by atoms with van der Waals surface area (Å²) >= 11 is 0. The van der Waals surface area contributed by atoms with E-state index < -0.39 is 112 Å². The van der Waals surface area contributed by atoms with E-state index in [1.807, 2.05) is 13.0 Å². The Morgan fingerprint density at radius 3 is 1.79 bits per heavy atom. The molecular weight excluding hydrogens is 704 g/mol. The van der Waals surface area contributed by atoms with Gasteiger partial charge in [0, 0.05) is 11.5 Å². The molecule has 302 valence electrons. The number of hydrogen-bond acceptors (Lipinski definition) is 17. The van der Waals surface area contributed by atoms with Crippen LogP contribution in [0.25, 0.3) is 0 Å². The highest BCUT2D eigenvalue weighted by Crippen LogP contribution is 2.44. The molecule has 17 nitrogen and oxygen atoms in total. The van der Waals surface area contributed by atoms with Crippen LogP contribution in [0, 0.1) is 0 Å². The largest absolute Gasteiger partial charge is 0.507 e. The number of aryl methyl sites for hydroxylation is 1. The molecule has 16 atom stereocenters. The van der Waals surface area contributed by atoms with Gasteiger partial charge in [-0.2, -0.15) is 0 Å². The Hall–Kier alpha value is -2.04. The van der Waals surface area contributed by atoms with Crippen LogP contribution in [0.3, 0.4) is 0 Å². The highest BCUT2D eigenvalue weighted by atomic mass is 16.8. The van der Waals surface area contributed by atoms with Gasteiger partial charge in [-0.3, -0.25) is 0 Å². The molecule has 53 heavy (non-hydrogen) atoms. The SMILES string of the molecule is CCCCCc1cc(O)c([C@@H]2C=C(C)CCC2)c(O[C@@H]2O[C@H](CO)[C@@H](O[C@@H]3O[C@H](CO)[C@@H](O)[C@H](O)[C@H]3O)[C@H](O[C@@H]3O[C@H](CO)[C@@H](O)[C@H](O)[C@H]3O)[C@H]2O)c1. The molecule has 0 bridgehead atoms. The van der Waals surface area contributed by atoms with Crippen LogP contribution in [0.15, 0.2) is 23.8 Å². The molecule has 0 radical (unpaired) electrons. The third kappa shape index (κ3) is 9.33. The Labute approximate surface area is 307 Å². The highest BCUT2D eigenvalue weighted by Gasteiger charge is 2.55. The van der Waals surface area contributed by atoms with E-state index in [0.29, 0.717) is 18.4 Å². The Balaban J connectivity index is 1.51. The summed E-state index contributed by atoms with van der Waals surface area (Å²) < 4.78 is 35.5. The second kappa shape index (κ2) is 18.7. The Kier molecular flexibility index (Phi) is 14.9. The molecule has 0 unspecified atom stereocenters. The lowest BCUT2D eigenvalue weighted by molar-refractivity contribution is -0.381. The molecule has 3 heterocycles. The monoisotopic (exact) mass is 760 g/mol. The number of rotatable bonds is 14. The third-order valence-corrected chi connectivity index (χ3v) is 10.5. The summed E-state index contributed by atoms with van der Waals surface area (Å²) in [5.41, 5.74) is 2.37. The van der Waals surface area contributed by atoms with Gasteiger partial charge in [0.25, 0.3) is 0 Å². The van der Waals surface area contributed by atoms with E-state index in [1.54, 1.807) is 12.1 Å². The molecule has 17 heteroatoms. The number of benzene rings is 1.